The summed E-state index contributed by atoms with van der Waals surface area (Å²) < 4.78 is 16.7. The molecule has 38 heavy (non-hydrogen) atoms. The fourth-order valence-electron chi connectivity index (χ4n) is 3.92. The van der Waals surface area contributed by atoms with Crippen molar-refractivity contribution < 1.29 is 19.0 Å². The molecule has 2 aromatic heterocycles. The first kappa shape index (κ1) is 27.0. The lowest BCUT2D eigenvalue weighted by molar-refractivity contribution is -0.111. The van der Waals surface area contributed by atoms with Gasteiger partial charge in [0.2, 0.25) is 11.8 Å². The van der Waals surface area contributed by atoms with E-state index in [0.717, 1.165) is 16.3 Å². The summed E-state index contributed by atoms with van der Waals surface area (Å²) in [5, 5.41) is 8.20. The fourth-order valence-corrected chi connectivity index (χ4v) is 4.61. The van der Waals surface area contributed by atoms with Crippen LogP contribution in [-0.4, -0.2) is 36.7 Å². The molecule has 0 spiro atoms. The molecule has 0 bridgehead atoms. The number of nitrogens with zero attached hydrogens (tertiary/aromatic N) is 2. The number of ether oxygens (including phenoxy) is 3. The average Bonchev–Trinajstić information content (AvgIpc) is 2.91. The van der Waals surface area contributed by atoms with E-state index in [-0.39, 0.29) is 5.91 Å². The Kier molecular flexibility index (Phi) is 8.24. The molecule has 2 aromatic carbocycles. The van der Waals surface area contributed by atoms with Gasteiger partial charge in [0, 0.05) is 28.6 Å². The second kappa shape index (κ2) is 11.6. The molecule has 10 heteroatoms. The number of halogens is 2. The standard InChI is InChI=1S/C28H26Cl2N4O4/c1-6-23(35)32-18-10-8-9-15(3)27(18)34-22-12-17-16(14-31-22)11-19(33-28(17)38-7-2)24-25(29)20(36-4)13-21(37-5)26(24)30/h6,8-14H,1,7H2,2-5H3,(H,31,34)(H,32,35). The minimum absolute atomic E-state index is 0.299. The van der Waals surface area contributed by atoms with E-state index >= 15 is 0 Å². The lowest BCUT2D eigenvalue weighted by Gasteiger charge is -2.17. The number of fused-ring (bicyclic) bond motifs is 1. The summed E-state index contributed by atoms with van der Waals surface area (Å²) in [6, 6.07) is 10.9. The number of benzene rings is 2. The molecule has 0 aliphatic rings. The SMILES string of the molecule is C=CC(=O)Nc1cccc(C)c1Nc1cc2c(OCC)nc(-c3c(Cl)c(OC)cc(OC)c3Cl)cc2cn1. The molecule has 4 rings (SSSR count). The summed E-state index contributed by atoms with van der Waals surface area (Å²) >= 11 is 13.3. The van der Waals surface area contributed by atoms with Crippen molar-refractivity contribution in [2.24, 2.45) is 0 Å². The zero-order chi connectivity index (χ0) is 27.4. The van der Waals surface area contributed by atoms with Gasteiger partial charge in [-0.15, -0.1) is 0 Å². The van der Waals surface area contributed by atoms with E-state index in [1.54, 1.807) is 18.3 Å². The number of pyridine rings is 2. The van der Waals surface area contributed by atoms with Crippen molar-refractivity contribution in [3.8, 4) is 28.6 Å². The zero-order valence-electron chi connectivity index (χ0n) is 21.3. The number of rotatable bonds is 9. The fraction of sp³-hybridized carbons (Fsp3) is 0.179. The summed E-state index contributed by atoms with van der Waals surface area (Å²) in [6.07, 6.45) is 2.92. The van der Waals surface area contributed by atoms with E-state index in [1.165, 1.54) is 20.3 Å². The minimum atomic E-state index is -0.313. The summed E-state index contributed by atoms with van der Waals surface area (Å²) in [4.78, 5) is 21.3. The van der Waals surface area contributed by atoms with Crippen molar-refractivity contribution >= 4 is 57.1 Å². The molecule has 0 saturated carbocycles. The van der Waals surface area contributed by atoms with Crippen LogP contribution in [0.25, 0.3) is 22.0 Å². The second-order valence-corrected chi connectivity index (χ2v) is 8.89. The van der Waals surface area contributed by atoms with E-state index in [1.807, 2.05) is 38.1 Å². The first-order valence-corrected chi connectivity index (χ1v) is 12.4. The molecule has 2 heterocycles. The van der Waals surface area contributed by atoms with Crippen LogP contribution in [0, 0.1) is 6.92 Å². The van der Waals surface area contributed by atoms with Gasteiger partial charge in [0.05, 0.1) is 47.9 Å². The highest BCUT2D eigenvalue weighted by atomic mass is 35.5. The summed E-state index contributed by atoms with van der Waals surface area (Å²) in [6.45, 7) is 7.71. The molecule has 0 aliphatic heterocycles. The first-order valence-electron chi connectivity index (χ1n) is 11.6. The summed E-state index contributed by atoms with van der Waals surface area (Å²) in [5.74, 6) is 1.41. The number of methoxy groups -OCH3 is 2. The molecular formula is C28H26Cl2N4O4. The quantitative estimate of drug-likeness (QED) is 0.212. The van der Waals surface area contributed by atoms with Crippen LogP contribution in [0.3, 0.4) is 0 Å². The number of amides is 1. The van der Waals surface area contributed by atoms with Gasteiger partial charge in [-0.25, -0.2) is 9.97 Å². The van der Waals surface area contributed by atoms with E-state index in [2.05, 4.69) is 22.2 Å². The number of nitrogens with one attached hydrogen (secondary N) is 2. The normalized spacial score (nSPS) is 10.7. The Morgan fingerprint density at radius 2 is 1.82 bits per heavy atom. The lowest BCUT2D eigenvalue weighted by Crippen LogP contribution is -2.10. The van der Waals surface area contributed by atoms with Crippen molar-refractivity contribution in [3.05, 3.63) is 70.9 Å². The van der Waals surface area contributed by atoms with Gasteiger partial charge in [-0.1, -0.05) is 41.9 Å². The monoisotopic (exact) mass is 552 g/mol. The summed E-state index contributed by atoms with van der Waals surface area (Å²) in [5.41, 5.74) is 3.16. The maximum Gasteiger partial charge on any atom is 0.247 e. The van der Waals surface area contributed by atoms with Crippen LogP contribution in [0.15, 0.2) is 55.3 Å². The molecular weight excluding hydrogens is 527 g/mol. The molecule has 0 unspecified atom stereocenters. The van der Waals surface area contributed by atoms with Crippen molar-refractivity contribution in [1.82, 2.24) is 9.97 Å². The van der Waals surface area contributed by atoms with Gasteiger partial charge < -0.3 is 24.8 Å². The van der Waals surface area contributed by atoms with E-state index in [9.17, 15) is 4.79 Å². The maximum absolute atomic E-state index is 11.9. The topological polar surface area (TPSA) is 94.6 Å². The molecule has 2 N–H and O–H groups in total. The van der Waals surface area contributed by atoms with Gasteiger partial charge in [0.25, 0.3) is 0 Å². The number of para-hydroxylation sites is 1. The Balaban J connectivity index is 1.83. The number of hydrogen-bond acceptors (Lipinski definition) is 7. The number of anilines is 3. The van der Waals surface area contributed by atoms with Crippen LogP contribution in [0.4, 0.5) is 17.2 Å². The Morgan fingerprint density at radius 3 is 2.45 bits per heavy atom. The molecule has 0 saturated heterocycles. The molecule has 1 amide bonds. The van der Waals surface area contributed by atoms with E-state index in [4.69, 9.17) is 42.4 Å². The van der Waals surface area contributed by atoms with Gasteiger partial charge in [0.15, 0.2) is 0 Å². The zero-order valence-corrected chi connectivity index (χ0v) is 22.8. The highest BCUT2D eigenvalue weighted by Gasteiger charge is 2.22. The van der Waals surface area contributed by atoms with Crippen LogP contribution in [0.2, 0.25) is 10.0 Å². The second-order valence-electron chi connectivity index (χ2n) is 8.14. The van der Waals surface area contributed by atoms with Gasteiger partial charge in [-0.2, -0.15) is 0 Å². The van der Waals surface area contributed by atoms with Crippen molar-refractivity contribution in [2.45, 2.75) is 13.8 Å². The largest absolute Gasteiger partial charge is 0.495 e. The van der Waals surface area contributed by atoms with Gasteiger partial charge in [-0.05, 0) is 43.7 Å². The van der Waals surface area contributed by atoms with Crippen molar-refractivity contribution in [1.29, 1.82) is 0 Å². The molecule has 4 aromatic rings. The molecule has 8 nitrogen and oxygen atoms in total. The highest BCUT2D eigenvalue weighted by Crippen LogP contribution is 2.46. The van der Waals surface area contributed by atoms with Crippen LogP contribution in [0.1, 0.15) is 12.5 Å². The predicted octanol–water partition coefficient (Wildman–Crippen LogP) is 7.20. The predicted molar refractivity (Wildman–Crippen MR) is 153 cm³/mol. The lowest BCUT2D eigenvalue weighted by atomic mass is 10.1. The minimum Gasteiger partial charge on any atom is -0.495 e. The third-order valence-electron chi connectivity index (χ3n) is 5.76. The van der Waals surface area contributed by atoms with Crippen molar-refractivity contribution in [2.75, 3.05) is 31.5 Å². The van der Waals surface area contributed by atoms with Gasteiger partial charge in [-0.3, -0.25) is 4.79 Å². The molecule has 0 radical (unpaired) electrons. The number of hydrogen-bond donors (Lipinski definition) is 2. The average molecular weight is 553 g/mol. The first-order chi connectivity index (χ1) is 18.3. The van der Waals surface area contributed by atoms with Crippen LogP contribution >= 0.6 is 23.2 Å². The number of carbonyl (C=O) groups excluding carboxylic acids is 1. The van der Waals surface area contributed by atoms with Gasteiger partial charge >= 0.3 is 0 Å². The van der Waals surface area contributed by atoms with Crippen LogP contribution < -0.4 is 24.8 Å². The van der Waals surface area contributed by atoms with Gasteiger partial charge in [0.1, 0.15) is 17.3 Å². The summed E-state index contributed by atoms with van der Waals surface area (Å²) in [7, 11) is 3.03. The van der Waals surface area contributed by atoms with Crippen LogP contribution in [-0.2, 0) is 4.79 Å². The van der Waals surface area contributed by atoms with Crippen LogP contribution in [0.5, 0.6) is 17.4 Å². The Hall–Kier alpha value is -4.01. The maximum atomic E-state index is 11.9. The number of aromatic nitrogens is 2. The molecule has 0 atom stereocenters. The Bertz CT molecular complexity index is 1510. The molecule has 196 valence electrons. The van der Waals surface area contributed by atoms with E-state index in [0.29, 0.717) is 62.5 Å². The molecule has 0 fully saturated rings. The Labute approximate surface area is 230 Å². The smallest absolute Gasteiger partial charge is 0.247 e. The Morgan fingerprint density at radius 1 is 1.11 bits per heavy atom. The third-order valence-corrected chi connectivity index (χ3v) is 6.51. The highest BCUT2D eigenvalue weighted by molar-refractivity contribution is 6.41. The number of carbonyl (C=O) groups is 1. The molecule has 0 aliphatic carbocycles. The third kappa shape index (κ3) is 5.32. The van der Waals surface area contributed by atoms with Crippen molar-refractivity contribution in [3.63, 3.8) is 0 Å². The van der Waals surface area contributed by atoms with E-state index < -0.39 is 0 Å². The number of aryl methyl sites for hydroxylation is 1.